The monoisotopic (exact) mass is 502 g/mol. The van der Waals surface area contributed by atoms with E-state index in [0.717, 1.165) is 15.8 Å². The van der Waals surface area contributed by atoms with Crippen LogP contribution in [0.5, 0.6) is 0 Å². The highest BCUT2D eigenvalue weighted by Gasteiger charge is 2.34. The molecule has 2 aromatic heterocycles. The molecule has 3 heterocycles. The van der Waals surface area contributed by atoms with Gasteiger partial charge in [0.15, 0.2) is 5.11 Å². The lowest BCUT2D eigenvalue weighted by Crippen LogP contribution is -2.54. The van der Waals surface area contributed by atoms with Gasteiger partial charge in [0.05, 0.1) is 18.5 Å². The van der Waals surface area contributed by atoms with Gasteiger partial charge in [-0.05, 0) is 60.8 Å². The van der Waals surface area contributed by atoms with E-state index in [1.807, 2.05) is 24.3 Å². The van der Waals surface area contributed by atoms with E-state index in [1.54, 1.807) is 22.9 Å². The van der Waals surface area contributed by atoms with E-state index in [4.69, 9.17) is 16.6 Å². The second kappa shape index (κ2) is 9.59. The number of halogens is 1. The molecule has 0 bridgehead atoms. The Balaban J connectivity index is 1.45. The van der Waals surface area contributed by atoms with Gasteiger partial charge in [-0.25, -0.2) is 4.39 Å². The molecule has 3 amide bonds. The zero-order valence-corrected chi connectivity index (χ0v) is 19.5. The average molecular weight is 503 g/mol. The number of fused-ring (bicyclic) bond motifs is 1. The molecule has 5 rings (SSSR count). The standard InChI is InChI=1S/C26H19FN4O4S/c27-17-7-9-18(10-8-17)31-25(34)21(24(33)29-26(31)36)12-16-14-30(22-6-2-1-5-20(16)22)15-23(32)28-13-19-4-3-11-35-19/h1-12,14H,13,15H2,(H,28,32)(H,29,33,36). The molecule has 0 aliphatic carbocycles. The molecule has 1 aliphatic heterocycles. The van der Waals surface area contributed by atoms with Crippen LogP contribution in [0.1, 0.15) is 11.3 Å². The first kappa shape index (κ1) is 23.2. The van der Waals surface area contributed by atoms with Gasteiger partial charge >= 0.3 is 0 Å². The van der Waals surface area contributed by atoms with Crippen molar-refractivity contribution >= 4 is 57.7 Å². The van der Waals surface area contributed by atoms with Gasteiger partial charge < -0.3 is 14.3 Å². The number of para-hydroxylation sites is 1. The lowest BCUT2D eigenvalue weighted by Gasteiger charge is -2.28. The molecule has 1 saturated heterocycles. The second-order valence-electron chi connectivity index (χ2n) is 8.02. The summed E-state index contributed by atoms with van der Waals surface area (Å²) in [6, 6.07) is 16.1. The predicted octanol–water partition coefficient (Wildman–Crippen LogP) is 3.52. The number of hydrogen-bond acceptors (Lipinski definition) is 5. The van der Waals surface area contributed by atoms with Crippen LogP contribution >= 0.6 is 12.2 Å². The lowest BCUT2D eigenvalue weighted by molar-refractivity contribution is -0.123. The number of anilines is 1. The Hall–Kier alpha value is -4.57. The zero-order chi connectivity index (χ0) is 25.2. The molecule has 0 saturated carbocycles. The van der Waals surface area contributed by atoms with Crippen molar-refractivity contribution in [1.29, 1.82) is 0 Å². The summed E-state index contributed by atoms with van der Waals surface area (Å²) in [5, 5.41) is 5.98. The zero-order valence-electron chi connectivity index (χ0n) is 18.7. The van der Waals surface area contributed by atoms with E-state index in [0.29, 0.717) is 17.0 Å². The number of nitrogens with zero attached hydrogens (tertiary/aromatic N) is 2. The smallest absolute Gasteiger partial charge is 0.270 e. The Morgan fingerprint density at radius 2 is 1.86 bits per heavy atom. The summed E-state index contributed by atoms with van der Waals surface area (Å²) in [4.78, 5) is 39.7. The molecule has 0 radical (unpaired) electrons. The first-order valence-corrected chi connectivity index (χ1v) is 11.4. The second-order valence-corrected chi connectivity index (χ2v) is 8.41. The fourth-order valence-electron chi connectivity index (χ4n) is 3.97. The fourth-order valence-corrected chi connectivity index (χ4v) is 4.25. The summed E-state index contributed by atoms with van der Waals surface area (Å²) in [5.74, 6) is -1.34. The van der Waals surface area contributed by atoms with E-state index < -0.39 is 17.6 Å². The molecule has 36 heavy (non-hydrogen) atoms. The maximum absolute atomic E-state index is 13.4. The van der Waals surface area contributed by atoms with Crippen molar-refractivity contribution in [3.8, 4) is 0 Å². The van der Waals surface area contributed by atoms with Gasteiger partial charge in [-0.2, -0.15) is 0 Å². The number of hydrogen-bond donors (Lipinski definition) is 2. The molecule has 2 aromatic carbocycles. The van der Waals surface area contributed by atoms with Gasteiger partial charge in [0.25, 0.3) is 11.8 Å². The molecule has 1 fully saturated rings. The highest BCUT2D eigenvalue weighted by atomic mass is 32.1. The third kappa shape index (κ3) is 4.53. The van der Waals surface area contributed by atoms with Crippen LogP contribution in [0.15, 0.2) is 83.1 Å². The summed E-state index contributed by atoms with van der Waals surface area (Å²) >= 11 is 5.19. The van der Waals surface area contributed by atoms with Crippen molar-refractivity contribution in [2.75, 3.05) is 4.90 Å². The Morgan fingerprint density at radius 3 is 2.61 bits per heavy atom. The van der Waals surface area contributed by atoms with E-state index in [9.17, 15) is 18.8 Å². The lowest BCUT2D eigenvalue weighted by atomic mass is 10.1. The topological polar surface area (TPSA) is 96.6 Å². The summed E-state index contributed by atoms with van der Waals surface area (Å²) in [7, 11) is 0. The number of benzene rings is 2. The van der Waals surface area contributed by atoms with Crippen LogP contribution in [0, 0.1) is 5.82 Å². The van der Waals surface area contributed by atoms with Crippen LogP contribution in [0.4, 0.5) is 10.1 Å². The van der Waals surface area contributed by atoms with Crippen LogP contribution < -0.4 is 15.5 Å². The molecule has 10 heteroatoms. The Kier molecular flexibility index (Phi) is 6.17. The molecule has 1 aliphatic rings. The maximum Gasteiger partial charge on any atom is 0.270 e. The molecule has 180 valence electrons. The van der Waals surface area contributed by atoms with Crippen LogP contribution in [0.3, 0.4) is 0 Å². The largest absolute Gasteiger partial charge is 0.467 e. The molecular weight excluding hydrogens is 483 g/mol. The highest BCUT2D eigenvalue weighted by molar-refractivity contribution is 7.80. The number of carbonyl (C=O) groups is 3. The van der Waals surface area contributed by atoms with Gasteiger partial charge in [-0.3, -0.25) is 24.6 Å². The summed E-state index contributed by atoms with van der Waals surface area (Å²) in [6.07, 6.45) is 4.71. The van der Waals surface area contributed by atoms with Crippen molar-refractivity contribution in [2.45, 2.75) is 13.1 Å². The van der Waals surface area contributed by atoms with E-state index in [1.165, 1.54) is 36.6 Å². The maximum atomic E-state index is 13.4. The molecular formula is C26H19FN4O4S. The van der Waals surface area contributed by atoms with Crippen molar-refractivity contribution in [3.63, 3.8) is 0 Å². The normalized spacial score (nSPS) is 15.0. The Bertz CT molecular complexity index is 1520. The average Bonchev–Trinajstić information content (AvgIpc) is 3.50. The van der Waals surface area contributed by atoms with Crippen LogP contribution in [-0.2, 0) is 27.5 Å². The number of amides is 3. The van der Waals surface area contributed by atoms with Crippen LogP contribution in [0.2, 0.25) is 0 Å². The number of furan rings is 1. The fraction of sp³-hybridized carbons (Fsp3) is 0.0769. The van der Waals surface area contributed by atoms with Gasteiger partial charge in [-0.15, -0.1) is 0 Å². The summed E-state index contributed by atoms with van der Waals surface area (Å²) in [6.45, 7) is 0.284. The number of rotatable bonds is 6. The third-order valence-corrected chi connectivity index (χ3v) is 5.94. The molecule has 8 nitrogen and oxygen atoms in total. The van der Waals surface area contributed by atoms with Gasteiger partial charge in [0, 0.05) is 22.7 Å². The third-order valence-electron chi connectivity index (χ3n) is 5.66. The van der Waals surface area contributed by atoms with Crippen molar-refractivity contribution < 1.29 is 23.2 Å². The van der Waals surface area contributed by atoms with Gasteiger partial charge in [0.2, 0.25) is 5.91 Å². The van der Waals surface area contributed by atoms with Crippen molar-refractivity contribution in [1.82, 2.24) is 15.2 Å². The van der Waals surface area contributed by atoms with Gasteiger partial charge in [0.1, 0.15) is 23.7 Å². The molecule has 0 spiro atoms. The van der Waals surface area contributed by atoms with Crippen molar-refractivity contribution in [3.05, 3.63) is 95.8 Å². The number of carbonyl (C=O) groups excluding carboxylic acids is 3. The number of aromatic nitrogens is 1. The number of thiocarbonyl (C=S) groups is 1. The van der Waals surface area contributed by atoms with Gasteiger partial charge in [-0.1, -0.05) is 18.2 Å². The summed E-state index contributed by atoms with van der Waals surface area (Å²) < 4.78 is 20.4. The van der Waals surface area contributed by atoms with Crippen LogP contribution in [0.25, 0.3) is 17.0 Å². The quantitative estimate of drug-likeness (QED) is 0.239. The SMILES string of the molecule is O=C(Cn1cc(C=C2C(=O)NC(=S)N(c3ccc(F)cc3)C2=O)c2ccccc21)NCc1ccco1. The number of nitrogens with one attached hydrogen (secondary N) is 2. The minimum Gasteiger partial charge on any atom is -0.467 e. The molecule has 4 aromatic rings. The first-order valence-electron chi connectivity index (χ1n) is 10.9. The van der Waals surface area contributed by atoms with Crippen LogP contribution in [-0.4, -0.2) is 27.4 Å². The molecule has 0 unspecified atom stereocenters. The molecule has 2 N–H and O–H groups in total. The predicted molar refractivity (Wildman–Crippen MR) is 135 cm³/mol. The minimum atomic E-state index is -0.642. The first-order chi connectivity index (χ1) is 17.4. The van der Waals surface area contributed by atoms with Crippen molar-refractivity contribution in [2.24, 2.45) is 0 Å². The Labute approximate surface area is 210 Å². The summed E-state index contributed by atoms with van der Waals surface area (Å²) in [5.41, 5.74) is 1.52. The van der Waals surface area contributed by atoms with E-state index >= 15 is 0 Å². The molecule has 0 atom stereocenters. The minimum absolute atomic E-state index is 0.0241. The Morgan fingerprint density at radius 1 is 1.08 bits per heavy atom. The highest BCUT2D eigenvalue weighted by Crippen LogP contribution is 2.27. The van der Waals surface area contributed by atoms with E-state index in [2.05, 4.69) is 10.6 Å². The van der Waals surface area contributed by atoms with E-state index in [-0.39, 0.29) is 29.7 Å².